The van der Waals surface area contributed by atoms with Gasteiger partial charge in [-0.25, -0.2) is 9.59 Å². The Balaban J connectivity index is 3.32. The Bertz CT molecular complexity index is 593. The molecule has 0 atom stereocenters. The summed E-state index contributed by atoms with van der Waals surface area (Å²) in [5, 5.41) is 0. The van der Waals surface area contributed by atoms with Gasteiger partial charge < -0.3 is 0 Å². The largest absolute Gasteiger partial charge is 0.240 e. The minimum atomic E-state index is 0.394. The van der Waals surface area contributed by atoms with Crippen LogP contribution in [0.1, 0.15) is 51.7 Å². The Morgan fingerprint density at radius 3 is 2.05 bits per heavy atom. The van der Waals surface area contributed by atoms with Crippen LogP contribution in [-0.4, -0.2) is 12.2 Å². The van der Waals surface area contributed by atoms with Crippen LogP contribution in [0.15, 0.2) is 22.1 Å². The summed E-state index contributed by atoms with van der Waals surface area (Å²) in [6.45, 7) is 8.68. The second-order valence-electron chi connectivity index (χ2n) is 6.34. The maximum Gasteiger partial charge on any atom is 0.240 e. The van der Waals surface area contributed by atoms with E-state index in [0.29, 0.717) is 23.2 Å². The summed E-state index contributed by atoms with van der Waals surface area (Å²) in [4.78, 5) is 28.8. The van der Waals surface area contributed by atoms with Crippen LogP contribution >= 0.6 is 0 Å². The molecule has 0 aromatic heterocycles. The number of hydrogen-bond acceptors (Lipinski definition) is 4. The van der Waals surface area contributed by atoms with Crippen LogP contribution in [-0.2, 0) is 22.4 Å². The van der Waals surface area contributed by atoms with Crippen LogP contribution in [0.25, 0.3) is 0 Å². The van der Waals surface area contributed by atoms with Gasteiger partial charge in [0.25, 0.3) is 0 Å². The zero-order valence-corrected chi connectivity index (χ0v) is 13.8. The Hall–Kier alpha value is -2.02. The molecule has 0 heterocycles. The topological polar surface area (TPSA) is 58.9 Å². The molecule has 0 saturated carbocycles. The highest BCUT2D eigenvalue weighted by molar-refractivity contribution is 5.73. The van der Waals surface area contributed by atoms with Gasteiger partial charge in [0.15, 0.2) is 0 Å². The third-order valence-electron chi connectivity index (χ3n) is 3.64. The number of nitrogens with zero attached hydrogens (tertiary/aromatic N) is 2. The van der Waals surface area contributed by atoms with E-state index in [1.165, 1.54) is 11.6 Å². The number of aliphatic imine (C=N–C) groups is 2. The maximum atomic E-state index is 10.8. The van der Waals surface area contributed by atoms with E-state index >= 15 is 0 Å². The Labute approximate surface area is 132 Å². The SMILES string of the molecule is CC(C)CCc1ccc(N=C=O)c(N=C=O)c1CCC(C)C. The average Bonchev–Trinajstić information content (AvgIpc) is 2.46. The van der Waals surface area contributed by atoms with Crippen molar-refractivity contribution in [1.29, 1.82) is 0 Å². The normalized spacial score (nSPS) is 10.5. The van der Waals surface area contributed by atoms with Crippen molar-refractivity contribution in [3.05, 3.63) is 23.3 Å². The molecule has 0 bridgehead atoms. The van der Waals surface area contributed by atoms with Gasteiger partial charge in [-0.15, -0.1) is 0 Å². The molecule has 0 aliphatic carbocycles. The molecule has 0 spiro atoms. The van der Waals surface area contributed by atoms with E-state index in [4.69, 9.17) is 0 Å². The van der Waals surface area contributed by atoms with Crippen LogP contribution in [0.4, 0.5) is 11.4 Å². The highest BCUT2D eigenvalue weighted by Gasteiger charge is 2.14. The lowest BCUT2D eigenvalue weighted by molar-refractivity contribution is 0.563. The fourth-order valence-corrected chi connectivity index (χ4v) is 2.37. The van der Waals surface area contributed by atoms with Crippen molar-refractivity contribution < 1.29 is 9.59 Å². The molecule has 118 valence electrons. The molecule has 0 amide bonds. The zero-order valence-electron chi connectivity index (χ0n) is 13.8. The molecule has 4 heteroatoms. The molecule has 4 nitrogen and oxygen atoms in total. The van der Waals surface area contributed by atoms with E-state index in [2.05, 4.69) is 37.7 Å². The molecule has 0 N–H and O–H groups in total. The summed E-state index contributed by atoms with van der Waals surface area (Å²) < 4.78 is 0. The molecule has 0 unspecified atom stereocenters. The van der Waals surface area contributed by atoms with Crippen molar-refractivity contribution in [2.45, 2.75) is 53.4 Å². The summed E-state index contributed by atoms with van der Waals surface area (Å²) in [7, 11) is 0. The lowest BCUT2D eigenvalue weighted by atomic mass is 9.92. The molecule has 22 heavy (non-hydrogen) atoms. The van der Waals surface area contributed by atoms with Gasteiger partial charge in [0, 0.05) is 0 Å². The smallest absolute Gasteiger partial charge is 0.211 e. The first-order valence-electron chi connectivity index (χ1n) is 7.80. The van der Waals surface area contributed by atoms with Gasteiger partial charge in [-0.1, -0.05) is 33.8 Å². The maximum absolute atomic E-state index is 10.8. The molecule has 1 rings (SSSR count). The quantitative estimate of drug-likeness (QED) is 0.511. The third kappa shape index (κ3) is 5.40. The number of rotatable bonds is 8. The summed E-state index contributed by atoms with van der Waals surface area (Å²) in [5.74, 6) is 1.15. The van der Waals surface area contributed by atoms with Crippen molar-refractivity contribution in [2.75, 3.05) is 0 Å². The van der Waals surface area contributed by atoms with Crippen LogP contribution in [0.5, 0.6) is 0 Å². The predicted octanol–water partition coefficient (Wildman–Crippen LogP) is 4.80. The first-order valence-corrected chi connectivity index (χ1v) is 7.80. The van der Waals surface area contributed by atoms with Crippen LogP contribution in [0, 0.1) is 11.8 Å². The second-order valence-corrected chi connectivity index (χ2v) is 6.34. The van der Waals surface area contributed by atoms with Gasteiger partial charge in [-0.2, -0.15) is 9.98 Å². The number of aryl methyl sites for hydroxylation is 1. The first-order chi connectivity index (χ1) is 10.5. The Morgan fingerprint density at radius 1 is 0.909 bits per heavy atom. The number of hydrogen-bond donors (Lipinski definition) is 0. The van der Waals surface area contributed by atoms with E-state index < -0.39 is 0 Å². The fourth-order valence-electron chi connectivity index (χ4n) is 2.37. The molecular formula is C18H24N2O2. The van der Waals surface area contributed by atoms with Crippen LogP contribution in [0.2, 0.25) is 0 Å². The van der Waals surface area contributed by atoms with E-state index in [0.717, 1.165) is 31.2 Å². The number of carbonyl (C=O) groups excluding carboxylic acids is 2. The highest BCUT2D eigenvalue weighted by atomic mass is 16.1. The van der Waals surface area contributed by atoms with Gasteiger partial charge in [0.05, 0.1) is 0 Å². The summed E-state index contributed by atoms with van der Waals surface area (Å²) in [5.41, 5.74) is 3.05. The van der Waals surface area contributed by atoms with Crippen molar-refractivity contribution >= 4 is 23.5 Å². The minimum absolute atomic E-state index is 0.394. The monoisotopic (exact) mass is 300 g/mol. The predicted molar refractivity (Wildman–Crippen MR) is 88.3 cm³/mol. The summed E-state index contributed by atoms with van der Waals surface area (Å²) in [6.07, 6.45) is 6.91. The van der Waals surface area contributed by atoms with Crippen molar-refractivity contribution in [3.63, 3.8) is 0 Å². The molecule has 0 aliphatic heterocycles. The molecule has 0 saturated heterocycles. The van der Waals surface area contributed by atoms with Gasteiger partial charge in [-0.05, 0) is 54.7 Å². The van der Waals surface area contributed by atoms with E-state index in [1.807, 2.05) is 6.07 Å². The molecule has 1 aromatic rings. The number of benzene rings is 1. The Kier molecular flexibility index (Phi) is 7.45. The van der Waals surface area contributed by atoms with Gasteiger partial charge in [0.1, 0.15) is 11.4 Å². The van der Waals surface area contributed by atoms with Crippen LogP contribution in [0.3, 0.4) is 0 Å². The third-order valence-corrected chi connectivity index (χ3v) is 3.64. The van der Waals surface area contributed by atoms with Gasteiger partial charge in [-0.3, -0.25) is 0 Å². The van der Waals surface area contributed by atoms with E-state index in [1.54, 1.807) is 12.1 Å². The molecular weight excluding hydrogens is 276 g/mol. The van der Waals surface area contributed by atoms with E-state index in [9.17, 15) is 9.59 Å². The van der Waals surface area contributed by atoms with Crippen molar-refractivity contribution in [1.82, 2.24) is 0 Å². The molecule has 0 fully saturated rings. The van der Waals surface area contributed by atoms with Crippen molar-refractivity contribution in [3.8, 4) is 0 Å². The minimum Gasteiger partial charge on any atom is -0.211 e. The van der Waals surface area contributed by atoms with Crippen molar-refractivity contribution in [2.24, 2.45) is 21.8 Å². The van der Waals surface area contributed by atoms with Gasteiger partial charge >= 0.3 is 0 Å². The molecule has 0 aliphatic rings. The Morgan fingerprint density at radius 2 is 1.50 bits per heavy atom. The van der Waals surface area contributed by atoms with Gasteiger partial charge in [0.2, 0.25) is 12.2 Å². The summed E-state index contributed by atoms with van der Waals surface area (Å²) in [6, 6.07) is 3.72. The van der Waals surface area contributed by atoms with E-state index in [-0.39, 0.29) is 0 Å². The molecule has 0 radical (unpaired) electrons. The summed E-state index contributed by atoms with van der Waals surface area (Å²) >= 11 is 0. The lowest BCUT2D eigenvalue weighted by Crippen LogP contribution is -2.01. The fraction of sp³-hybridized carbons (Fsp3) is 0.556. The zero-order chi connectivity index (χ0) is 16.5. The second kappa shape index (κ2) is 9.09. The average molecular weight is 300 g/mol. The number of isocyanates is 2. The highest BCUT2D eigenvalue weighted by Crippen LogP contribution is 2.36. The standard InChI is InChI=1S/C18H24N2O2/c1-13(2)5-7-15-8-10-17(19-11-21)18(20-12-22)16(15)9-6-14(3)4/h8,10,13-14H,5-7,9H2,1-4H3. The first kappa shape index (κ1) is 18.0. The lowest BCUT2D eigenvalue weighted by Gasteiger charge is -2.15. The van der Waals surface area contributed by atoms with Crippen LogP contribution < -0.4 is 0 Å². The molecule has 1 aromatic carbocycles.